The van der Waals surface area contributed by atoms with E-state index in [0.29, 0.717) is 29.3 Å². The monoisotopic (exact) mass is 506 g/mol. The van der Waals surface area contributed by atoms with Gasteiger partial charge >= 0.3 is 0 Å². The molecule has 1 amide bonds. The number of nitrogens with one attached hydrogen (secondary N) is 2. The molecule has 0 fully saturated rings. The van der Waals surface area contributed by atoms with Gasteiger partial charge < -0.3 is 10.1 Å². The molecule has 0 aromatic heterocycles. The van der Waals surface area contributed by atoms with E-state index < -0.39 is 15.9 Å². The van der Waals surface area contributed by atoms with E-state index >= 15 is 0 Å². The zero-order valence-corrected chi connectivity index (χ0v) is 20.7. The fourth-order valence-corrected chi connectivity index (χ4v) is 5.05. The van der Waals surface area contributed by atoms with Crippen LogP contribution < -0.4 is 14.8 Å². The van der Waals surface area contributed by atoms with Crippen molar-refractivity contribution >= 4 is 50.5 Å². The predicted octanol–water partition coefficient (Wildman–Crippen LogP) is 6.18. The van der Waals surface area contributed by atoms with Gasteiger partial charge in [0.15, 0.2) is 0 Å². The zero-order chi connectivity index (χ0) is 24.2. The molecule has 2 N–H and O–H groups in total. The minimum absolute atomic E-state index is 0.0197. The Morgan fingerprint density at radius 1 is 0.970 bits per heavy atom. The van der Waals surface area contributed by atoms with E-state index in [4.69, 9.17) is 27.9 Å². The number of benzene rings is 3. The molecule has 0 spiro atoms. The maximum atomic E-state index is 13.2. The van der Waals surface area contributed by atoms with Gasteiger partial charge in [-0.1, -0.05) is 55.2 Å². The molecule has 6 nitrogen and oxygen atoms in total. The third kappa shape index (κ3) is 5.61. The summed E-state index contributed by atoms with van der Waals surface area (Å²) >= 11 is 12.0. The van der Waals surface area contributed by atoms with Gasteiger partial charge in [-0.2, -0.15) is 0 Å². The molecule has 0 saturated carbocycles. The number of methoxy groups -OCH3 is 1. The Hall–Kier alpha value is -2.74. The second-order valence-electron chi connectivity index (χ2n) is 7.20. The van der Waals surface area contributed by atoms with Gasteiger partial charge in [0.1, 0.15) is 5.75 Å². The molecule has 174 valence electrons. The Kier molecular flexibility index (Phi) is 7.89. The lowest BCUT2D eigenvalue weighted by Crippen LogP contribution is -2.17. The average Bonchev–Trinajstić information content (AvgIpc) is 2.78. The number of hydrogen-bond donors (Lipinski definition) is 2. The summed E-state index contributed by atoms with van der Waals surface area (Å²) in [5, 5.41) is 3.25. The van der Waals surface area contributed by atoms with E-state index in [-0.39, 0.29) is 21.2 Å². The summed E-state index contributed by atoms with van der Waals surface area (Å²) in [7, 11) is -2.51. The van der Waals surface area contributed by atoms with Crippen molar-refractivity contribution in [1.29, 1.82) is 0 Å². The first-order valence-electron chi connectivity index (χ1n) is 10.3. The second-order valence-corrected chi connectivity index (χ2v) is 9.73. The number of carbonyl (C=O) groups is 1. The highest BCUT2D eigenvalue weighted by atomic mass is 35.5. The van der Waals surface area contributed by atoms with Crippen LogP contribution in [0.1, 0.15) is 35.3 Å². The van der Waals surface area contributed by atoms with E-state index in [0.717, 1.165) is 11.1 Å². The number of rotatable bonds is 8. The van der Waals surface area contributed by atoms with E-state index in [1.807, 2.05) is 32.0 Å². The van der Waals surface area contributed by atoms with Gasteiger partial charge in [-0.25, -0.2) is 8.42 Å². The molecule has 3 aromatic carbocycles. The van der Waals surface area contributed by atoms with Crippen LogP contribution in [0.3, 0.4) is 0 Å². The van der Waals surface area contributed by atoms with Crippen molar-refractivity contribution in [3.8, 4) is 5.75 Å². The molecule has 0 aliphatic heterocycles. The second kappa shape index (κ2) is 10.5. The molecule has 0 unspecified atom stereocenters. The van der Waals surface area contributed by atoms with E-state index in [9.17, 15) is 13.2 Å². The molecule has 0 bridgehead atoms. The summed E-state index contributed by atoms with van der Waals surface area (Å²) in [6.07, 6.45) is 1.36. The van der Waals surface area contributed by atoms with Crippen LogP contribution >= 0.6 is 23.2 Å². The molecular weight excluding hydrogens is 483 g/mol. The summed E-state index contributed by atoms with van der Waals surface area (Å²) in [4.78, 5) is 12.8. The molecule has 9 heteroatoms. The molecule has 33 heavy (non-hydrogen) atoms. The number of anilines is 2. The summed E-state index contributed by atoms with van der Waals surface area (Å²) in [6, 6.07) is 14.5. The number of amides is 1. The summed E-state index contributed by atoms with van der Waals surface area (Å²) in [6.45, 7) is 3.94. The third-order valence-corrected chi connectivity index (χ3v) is 7.04. The minimum atomic E-state index is -3.94. The molecule has 3 aromatic rings. The number of ether oxygens (including phenoxy) is 1. The van der Waals surface area contributed by atoms with Gasteiger partial charge in [-0.3, -0.25) is 9.52 Å². The van der Waals surface area contributed by atoms with Crippen LogP contribution in [0.2, 0.25) is 10.0 Å². The standard InChI is InChI=1S/C24H24Cl2N2O4S/c1-4-15-7-6-8-16(5-2)23(15)28-33(30,31)18-10-12-22(32-3)21(14-18)27-24(29)19-11-9-17(25)13-20(19)26/h6-14,28H,4-5H2,1-3H3,(H,27,29). The van der Waals surface area contributed by atoms with Crippen LogP contribution in [-0.2, 0) is 22.9 Å². The van der Waals surface area contributed by atoms with Crippen molar-refractivity contribution in [1.82, 2.24) is 0 Å². The number of para-hydroxylation sites is 1. The van der Waals surface area contributed by atoms with Crippen LogP contribution in [0, 0.1) is 0 Å². The summed E-state index contributed by atoms with van der Waals surface area (Å²) in [5.74, 6) is -0.224. The zero-order valence-electron chi connectivity index (χ0n) is 18.4. The minimum Gasteiger partial charge on any atom is -0.495 e. The number of sulfonamides is 1. The largest absolute Gasteiger partial charge is 0.495 e. The van der Waals surface area contributed by atoms with E-state index in [1.54, 1.807) is 6.07 Å². The molecular formula is C24H24Cl2N2O4S. The Labute approximate surface area is 203 Å². The van der Waals surface area contributed by atoms with Crippen LogP contribution in [0.25, 0.3) is 0 Å². The number of carbonyl (C=O) groups excluding carboxylic acids is 1. The lowest BCUT2D eigenvalue weighted by Gasteiger charge is -2.17. The quantitative estimate of drug-likeness (QED) is 0.381. The van der Waals surface area contributed by atoms with Crippen molar-refractivity contribution < 1.29 is 17.9 Å². The number of halogens is 2. The predicted molar refractivity (Wildman–Crippen MR) is 133 cm³/mol. The first kappa shape index (κ1) is 24.9. The van der Waals surface area contributed by atoms with Gasteiger partial charge in [0.25, 0.3) is 15.9 Å². The Balaban J connectivity index is 1.97. The molecule has 0 atom stereocenters. The first-order valence-corrected chi connectivity index (χ1v) is 12.5. The Morgan fingerprint density at radius 2 is 1.64 bits per heavy atom. The van der Waals surface area contributed by atoms with Gasteiger partial charge in [-0.15, -0.1) is 0 Å². The molecule has 0 saturated heterocycles. The fourth-order valence-electron chi connectivity index (χ4n) is 3.38. The normalized spacial score (nSPS) is 11.2. The third-order valence-electron chi connectivity index (χ3n) is 5.14. The SMILES string of the molecule is CCc1cccc(CC)c1NS(=O)(=O)c1ccc(OC)c(NC(=O)c2ccc(Cl)cc2Cl)c1. The maximum Gasteiger partial charge on any atom is 0.261 e. The van der Waals surface area contributed by atoms with Crippen molar-refractivity contribution in [2.24, 2.45) is 0 Å². The number of aryl methyl sites for hydroxylation is 2. The number of hydrogen-bond acceptors (Lipinski definition) is 4. The van der Waals surface area contributed by atoms with Crippen molar-refractivity contribution in [2.45, 2.75) is 31.6 Å². The molecule has 0 aliphatic rings. The fraction of sp³-hybridized carbons (Fsp3) is 0.208. The van der Waals surface area contributed by atoms with Crippen LogP contribution in [0.15, 0.2) is 59.5 Å². The highest BCUT2D eigenvalue weighted by molar-refractivity contribution is 7.92. The molecule has 0 radical (unpaired) electrons. The van der Waals surface area contributed by atoms with Crippen molar-refractivity contribution in [3.05, 3.63) is 81.3 Å². The van der Waals surface area contributed by atoms with E-state index in [2.05, 4.69) is 10.0 Å². The van der Waals surface area contributed by atoms with Gasteiger partial charge in [0, 0.05) is 5.02 Å². The van der Waals surface area contributed by atoms with Crippen LogP contribution in [0.4, 0.5) is 11.4 Å². The maximum absolute atomic E-state index is 13.2. The van der Waals surface area contributed by atoms with Gasteiger partial charge in [0.05, 0.1) is 34.0 Å². The van der Waals surface area contributed by atoms with E-state index in [1.165, 1.54) is 37.4 Å². The average molecular weight is 507 g/mol. The Morgan fingerprint density at radius 3 is 2.21 bits per heavy atom. The molecule has 0 heterocycles. The summed E-state index contributed by atoms with van der Waals surface area (Å²) in [5.41, 5.74) is 2.77. The van der Waals surface area contributed by atoms with Crippen LogP contribution in [-0.4, -0.2) is 21.4 Å². The van der Waals surface area contributed by atoms with Crippen molar-refractivity contribution in [2.75, 3.05) is 17.1 Å². The topological polar surface area (TPSA) is 84.5 Å². The molecule has 0 aliphatic carbocycles. The van der Waals surface area contributed by atoms with Crippen LogP contribution in [0.5, 0.6) is 5.75 Å². The lowest BCUT2D eigenvalue weighted by atomic mass is 10.0. The molecule has 3 rings (SSSR count). The summed E-state index contributed by atoms with van der Waals surface area (Å²) < 4.78 is 34.5. The van der Waals surface area contributed by atoms with Gasteiger partial charge in [0.2, 0.25) is 0 Å². The van der Waals surface area contributed by atoms with Gasteiger partial charge in [-0.05, 0) is 60.4 Å². The lowest BCUT2D eigenvalue weighted by molar-refractivity contribution is 0.102. The highest BCUT2D eigenvalue weighted by Gasteiger charge is 2.21. The highest BCUT2D eigenvalue weighted by Crippen LogP contribution is 2.31. The first-order chi connectivity index (χ1) is 15.7. The smallest absolute Gasteiger partial charge is 0.261 e. The van der Waals surface area contributed by atoms with Crippen molar-refractivity contribution in [3.63, 3.8) is 0 Å². The Bertz CT molecular complexity index is 1270.